The van der Waals surface area contributed by atoms with Gasteiger partial charge < -0.3 is 14.5 Å². The molecule has 0 aliphatic carbocycles. The molecule has 2 aromatic rings. The Morgan fingerprint density at radius 2 is 1.76 bits per heavy atom. The number of hydrogen-bond donors (Lipinski definition) is 0. The lowest BCUT2D eigenvalue weighted by molar-refractivity contribution is -0.147. The number of methoxy groups -OCH3 is 1. The summed E-state index contributed by atoms with van der Waals surface area (Å²) in [6.45, 7) is 0.360. The van der Waals surface area contributed by atoms with Gasteiger partial charge in [0.05, 0.1) is 25.1 Å². The summed E-state index contributed by atoms with van der Waals surface area (Å²) >= 11 is 5.90. The highest BCUT2D eigenvalue weighted by atomic mass is 35.5. The zero-order valence-electron chi connectivity index (χ0n) is 16.0. The molecule has 29 heavy (non-hydrogen) atoms. The van der Waals surface area contributed by atoms with E-state index >= 15 is 0 Å². The average molecular weight is 413 g/mol. The van der Waals surface area contributed by atoms with Gasteiger partial charge in [-0.2, -0.15) is 0 Å². The maximum Gasteiger partial charge on any atom is 0.311 e. The Hall–Kier alpha value is -2.86. The highest BCUT2D eigenvalue weighted by Crippen LogP contribution is 2.43. The molecular formula is C22H21ClN2O4. The standard InChI is InChI=1S/C22H21ClN2O4/c1-29-22(28)18-11-17-12-24(21(27)15-7-9-16(23)10-8-15)13-19(26)25(17)20(18)14-5-3-2-4-6-14/h2-10,17-18,20H,11-13H2,1H3/t17-,18-,20-/m0/s1. The molecule has 0 N–H and O–H groups in total. The van der Waals surface area contributed by atoms with Gasteiger partial charge in [0.25, 0.3) is 5.91 Å². The summed E-state index contributed by atoms with van der Waals surface area (Å²) in [5.41, 5.74) is 1.38. The topological polar surface area (TPSA) is 66.9 Å². The van der Waals surface area contributed by atoms with Gasteiger partial charge in [-0.05, 0) is 36.2 Å². The number of esters is 1. The van der Waals surface area contributed by atoms with Crippen molar-refractivity contribution in [2.24, 2.45) is 5.92 Å². The van der Waals surface area contributed by atoms with Crippen LogP contribution >= 0.6 is 11.6 Å². The molecule has 3 atom stereocenters. The van der Waals surface area contributed by atoms with Gasteiger partial charge in [-0.3, -0.25) is 14.4 Å². The lowest BCUT2D eigenvalue weighted by atomic mass is 9.93. The molecule has 2 heterocycles. The zero-order valence-corrected chi connectivity index (χ0v) is 16.7. The lowest BCUT2D eigenvalue weighted by Crippen LogP contribution is -2.55. The molecule has 2 amide bonds. The van der Waals surface area contributed by atoms with Crippen molar-refractivity contribution in [3.05, 3.63) is 70.7 Å². The van der Waals surface area contributed by atoms with Crippen LogP contribution in [0.3, 0.4) is 0 Å². The highest BCUT2D eigenvalue weighted by molar-refractivity contribution is 6.30. The molecule has 0 spiro atoms. The van der Waals surface area contributed by atoms with Crippen LogP contribution in [0.1, 0.15) is 28.4 Å². The fraction of sp³-hybridized carbons (Fsp3) is 0.318. The van der Waals surface area contributed by atoms with Gasteiger partial charge in [-0.25, -0.2) is 0 Å². The second kappa shape index (κ2) is 7.87. The molecule has 0 unspecified atom stereocenters. The quantitative estimate of drug-likeness (QED) is 0.727. The summed E-state index contributed by atoms with van der Waals surface area (Å²) in [6.07, 6.45) is 0.461. The van der Waals surface area contributed by atoms with Gasteiger partial charge in [0, 0.05) is 17.1 Å². The summed E-state index contributed by atoms with van der Waals surface area (Å²) in [4.78, 5) is 41.7. The maximum atomic E-state index is 13.1. The first-order valence-corrected chi connectivity index (χ1v) is 9.86. The van der Waals surface area contributed by atoms with Gasteiger partial charge in [0.15, 0.2) is 0 Å². The van der Waals surface area contributed by atoms with E-state index in [1.165, 1.54) is 7.11 Å². The Balaban J connectivity index is 1.61. The number of ether oxygens (including phenoxy) is 1. The molecule has 0 aromatic heterocycles. The average Bonchev–Trinajstić information content (AvgIpc) is 3.14. The van der Waals surface area contributed by atoms with Crippen molar-refractivity contribution in [3.8, 4) is 0 Å². The van der Waals surface area contributed by atoms with Crippen molar-refractivity contribution in [2.45, 2.75) is 18.5 Å². The molecule has 150 valence electrons. The normalized spacial score (nSPS) is 23.7. The van der Waals surface area contributed by atoms with Crippen molar-refractivity contribution >= 4 is 29.4 Å². The number of hydrogen-bond acceptors (Lipinski definition) is 4. The summed E-state index contributed by atoms with van der Waals surface area (Å²) in [5.74, 6) is -1.17. The number of piperazine rings is 1. The summed E-state index contributed by atoms with van der Waals surface area (Å²) in [7, 11) is 1.36. The number of nitrogens with zero attached hydrogens (tertiary/aromatic N) is 2. The fourth-order valence-electron chi connectivity index (χ4n) is 4.39. The number of carbonyl (C=O) groups excluding carboxylic acids is 3. The number of halogens is 1. The van der Waals surface area contributed by atoms with E-state index in [2.05, 4.69) is 0 Å². The smallest absolute Gasteiger partial charge is 0.311 e. The van der Waals surface area contributed by atoms with E-state index in [0.29, 0.717) is 23.6 Å². The minimum Gasteiger partial charge on any atom is -0.469 e. The predicted octanol–water partition coefficient (Wildman–Crippen LogP) is 2.93. The highest BCUT2D eigenvalue weighted by Gasteiger charge is 2.51. The molecule has 2 saturated heterocycles. The molecule has 0 saturated carbocycles. The van der Waals surface area contributed by atoms with E-state index in [1.54, 1.807) is 34.1 Å². The molecule has 2 aliphatic heterocycles. The molecule has 7 heteroatoms. The van der Waals surface area contributed by atoms with E-state index in [0.717, 1.165) is 5.56 Å². The molecule has 6 nitrogen and oxygen atoms in total. The Morgan fingerprint density at radius 1 is 1.07 bits per heavy atom. The van der Waals surface area contributed by atoms with Crippen molar-refractivity contribution in [1.29, 1.82) is 0 Å². The van der Waals surface area contributed by atoms with Crippen molar-refractivity contribution in [3.63, 3.8) is 0 Å². The van der Waals surface area contributed by atoms with Crippen LogP contribution in [-0.4, -0.2) is 53.8 Å². The van der Waals surface area contributed by atoms with E-state index in [-0.39, 0.29) is 36.4 Å². The second-order valence-corrected chi connectivity index (χ2v) is 7.80. The van der Waals surface area contributed by atoms with Crippen LogP contribution in [0.25, 0.3) is 0 Å². The molecule has 2 fully saturated rings. The fourth-order valence-corrected chi connectivity index (χ4v) is 4.52. The molecule has 2 aromatic carbocycles. The van der Waals surface area contributed by atoms with Gasteiger partial charge in [-0.1, -0.05) is 41.9 Å². The van der Waals surface area contributed by atoms with Gasteiger partial charge in [0.2, 0.25) is 5.91 Å². The number of benzene rings is 2. The van der Waals surface area contributed by atoms with Crippen LogP contribution in [0.4, 0.5) is 0 Å². The lowest BCUT2D eigenvalue weighted by Gasteiger charge is -2.40. The number of fused-ring (bicyclic) bond motifs is 1. The third-order valence-corrected chi connectivity index (χ3v) is 5.92. The van der Waals surface area contributed by atoms with Crippen LogP contribution in [-0.2, 0) is 14.3 Å². The Labute approximate surface area is 174 Å². The van der Waals surface area contributed by atoms with Crippen LogP contribution in [0.15, 0.2) is 54.6 Å². The van der Waals surface area contributed by atoms with Gasteiger partial charge in [-0.15, -0.1) is 0 Å². The van der Waals surface area contributed by atoms with Crippen LogP contribution < -0.4 is 0 Å². The van der Waals surface area contributed by atoms with Gasteiger partial charge >= 0.3 is 5.97 Å². The molecular weight excluding hydrogens is 392 g/mol. The van der Waals surface area contributed by atoms with Crippen molar-refractivity contribution in [2.75, 3.05) is 20.2 Å². The van der Waals surface area contributed by atoms with Crippen LogP contribution in [0, 0.1) is 5.92 Å². The summed E-state index contributed by atoms with van der Waals surface area (Å²) < 4.78 is 5.01. The van der Waals surface area contributed by atoms with Gasteiger partial charge in [0.1, 0.15) is 6.54 Å². The number of amides is 2. The predicted molar refractivity (Wildman–Crippen MR) is 107 cm³/mol. The summed E-state index contributed by atoms with van der Waals surface area (Å²) in [5, 5.41) is 0.546. The first-order valence-electron chi connectivity index (χ1n) is 9.48. The first kappa shape index (κ1) is 19.5. The third kappa shape index (κ3) is 3.60. The number of rotatable bonds is 3. The van der Waals surface area contributed by atoms with Crippen LogP contribution in [0.2, 0.25) is 5.02 Å². The van der Waals surface area contributed by atoms with Crippen molar-refractivity contribution in [1.82, 2.24) is 9.80 Å². The minimum absolute atomic E-state index is 0.0187. The monoisotopic (exact) mass is 412 g/mol. The molecule has 0 bridgehead atoms. The maximum absolute atomic E-state index is 13.1. The van der Waals surface area contributed by atoms with E-state index in [4.69, 9.17) is 16.3 Å². The SMILES string of the molecule is COC(=O)[C@H]1C[C@H]2CN(C(=O)c3ccc(Cl)cc3)CC(=O)N2[C@H]1c1ccccc1. The molecule has 2 aliphatic rings. The van der Waals surface area contributed by atoms with E-state index < -0.39 is 5.92 Å². The Bertz CT molecular complexity index is 932. The van der Waals surface area contributed by atoms with Crippen molar-refractivity contribution < 1.29 is 19.1 Å². The number of carbonyl (C=O) groups is 3. The Morgan fingerprint density at radius 3 is 2.41 bits per heavy atom. The largest absolute Gasteiger partial charge is 0.469 e. The zero-order chi connectivity index (χ0) is 20.5. The molecule has 4 rings (SSSR count). The molecule has 0 radical (unpaired) electrons. The second-order valence-electron chi connectivity index (χ2n) is 7.37. The Kier molecular flexibility index (Phi) is 5.28. The van der Waals surface area contributed by atoms with E-state index in [1.807, 2.05) is 30.3 Å². The van der Waals surface area contributed by atoms with E-state index in [9.17, 15) is 14.4 Å². The summed E-state index contributed by atoms with van der Waals surface area (Å²) in [6, 6.07) is 15.5. The minimum atomic E-state index is -0.457. The third-order valence-electron chi connectivity index (χ3n) is 5.67. The van der Waals surface area contributed by atoms with Crippen LogP contribution in [0.5, 0.6) is 0 Å². The first-order chi connectivity index (χ1) is 14.0.